The summed E-state index contributed by atoms with van der Waals surface area (Å²) < 4.78 is 0. The third-order valence-electron chi connectivity index (χ3n) is 6.28. The van der Waals surface area contributed by atoms with Crippen molar-refractivity contribution in [3.05, 3.63) is 59.3 Å². The number of carboxylic acid groups (broad SMARTS) is 1. The second kappa shape index (κ2) is 13.2. The van der Waals surface area contributed by atoms with Crippen molar-refractivity contribution in [3.63, 3.8) is 0 Å². The van der Waals surface area contributed by atoms with Crippen LogP contribution in [0.15, 0.2) is 42.5 Å². The summed E-state index contributed by atoms with van der Waals surface area (Å²) in [7, 11) is 0. The van der Waals surface area contributed by atoms with E-state index in [9.17, 15) is 15.0 Å². The van der Waals surface area contributed by atoms with Gasteiger partial charge in [-0.15, -0.1) is 0 Å². The highest BCUT2D eigenvalue weighted by Crippen LogP contribution is 2.21. The average molecular weight is 440 g/mol. The van der Waals surface area contributed by atoms with Gasteiger partial charge in [0, 0.05) is 24.7 Å². The van der Waals surface area contributed by atoms with Crippen molar-refractivity contribution >= 4 is 11.8 Å². The lowest BCUT2D eigenvalue weighted by atomic mass is 9.99. The summed E-state index contributed by atoms with van der Waals surface area (Å²) in [6.07, 6.45) is 9.19. The summed E-state index contributed by atoms with van der Waals surface area (Å²) in [6, 6.07) is 13.5. The topological polar surface area (TPSA) is 94.5 Å². The zero-order valence-corrected chi connectivity index (χ0v) is 18.9. The van der Waals surface area contributed by atoms with Gasteiger partial charge >= 0.3 is 5.97 Å². The molecule has 4 N–H and O–H groups in total. The monoisotopic (exact) mass is 439 g/mol. The highest BCUT2D eigenvalue weighted by Gasteiger charge is 2.19. The van der Waals surface area contributed by atoms with Crippen LogP contribution in [-0.2, 0) is 17.6 Å². The van der Waals surface area contributed by atoms with Crippen molar-refractivity contribution in [3.8, 4) is 0 Å². The van der Waals surface area contributed by atoms with Gasteiger partial charge in [0.15, 0.2) is 0 Å². The number of aliphatic carboxylic acids is 1. The smallest absolute Gasteiger partial charge is 0.320 e. The molecule has 32 heavy (non-hydrogen) atoms. The summed E-state index contributed by atoms with van der Waals surface area (Å²) in [4.78, 5) is 16.4. The zero-order chi connectivity index (χ0) is 22.6. The standard InChI is InChI=1S/C26H37N3O3/c30-19-22(20-10-5-4-6-11-20)18-28-24(26(31)32)14-8-3-1-2-7-13-23-16-15-21-12-9-17-27-25(21)29-23/h4-6,10-11,15-16,22,24,28,30H,1-3,7-9,12-14,17-19H2,(H,27,29)(H,31,32)/t22?,24-/m0/s1. The van der Waals surface area contributed by atoms with Crippen LogP contribution in [0.1, 0.15) is 67.7 Å². The molecule has 2 atom stereocenters. The lowest BCUT2D eigenvalue weighted by molar-refractivity contribution is -0.139. The molecule has 1 unspecified atom stereocenters. The van der Waals surface area contributed by atoms with Gasteiger partial charge in [0.05, 0.1) is 6.61 Å². The summed E-state index contributed by atoms with van der Waals surface area (Å²) in [5, 5.41) is 25.8. The van der Waals surface area contributed by atoms with Crippen LogP contribution in [0.25, 0.3) is 0 Å². The van der Waals surface area contributed by atoms with Gasteiger partial charge in [-0.1, -0.05) is 62.1 Å². The number of nitrogens with zero attached hydrogens (tertiary/aromatic N) is 1. The summed E-state index contributed by atoms with van der Waals surface area (Å²) in [5.41, 5.74) is 3.51. The molecule has 0 spiro atoms. The molecule has 1 aromatic carbocycles. The van der Waals surface area contributed by atoms with Crippen LogP contribution in [0.5, 0.6) is 0 Å². The molecule has 0 fully saturated rings. The lowest BCUT2D eigenvalue weighted by Crippen LogP contribution is -2.39. The Balaban J connectivity index is 1.30. The Labute approximate surface area is 191 Å². The van der Waals surface area contributed by atoms with Gasteiger partial charge in [0.1, 0.15) is 11.9 Å². The maximum atomic E-state index is 11.6. The number of pyridine rings is 1. The third-order valence-corrected chi connectivity index (χ3v) is 6.28. The summed E-state index contributed by atoms with van der Waals surface area (Å²) >= 11 is 0. The molecule has 0 amide bonds. The Bertz CT molecular complexity index is 828. The number of aromatic nitrogens is 1. The first-order valence-electron chi connectivity index (χ1n) is 12.0. The predicted octanol–water partition coefficient (Wildman–Crippen LogP) is 4.14. The second-order valence-corrected chi connectivity index (χ2v) is 8.74. The van der Waals surface area contributed by atoms with E-state index in [4.69, 9.17) is 4.98 Å². The number of aryl methyl sites for hydroxylation is 2. The van der Waals surface area contributed by atoms with E-state index >= 15 is 0 Å². The number of carbonyl (C=O) groups is 1. The molecule has 174 valence electrons. The molecule has 6 heteroatoms. The van der Waals surface area contributed by atoms with Crippen molar-refractivity contribution in [1.82, 2.24) is 10.3 Å². The number of carboxylic acids is 1. The van der Waals surface area contributed by atoms with E-state index < -0.39 is 12.0 Å². The Morgan fingerprint density at radius 3 is 2.62 bits per heavy atom. The van der Waals surface area contributed by atoms with Crippen LogP contribution in [0.4, 0.5) is 5.82 Å². The average Bonchev–Trinajstić information content (AvgIpc) is 2.82. The number of fused-ring (bicyclic) bond motifs is 1. The minimum absolute atomic E-state index is 0.00150. The maximum absolute atomic E-state index is 11.6. The maximum Gasteiger partial charge on any atom is 0.320 e. The molecular weight excluding hydrogens is 402 g/mol. The largest absolute Gasteiger partial charge is 0.480 e. The number of hydrogen-bond donors (Lipinski definition) is 4. The molecule has 1 aliphatic heterocycles. The normalized spacial score (nSPS) is 14.9. The summed E-state index contributed by atoms with van der Waals surface area (Å²) in [5.74, 6) is 0.156. The first-order valence-corrected chi connectivity index (χ1v) is 12.0. The number of rotatable bonds is 14. The van der Waals surface area contributed by atoms with Crippen LogP contribution in [-0.4, -0.2) is 46.9 Å². The van der Waals surface area contributed by atoms with Crippen molar-refractivity contribution in [1.29, 1.82) is 0 Å². The number of benzene rings is 1. The molecule has 0 saturated carbocycles. The minimum atomic E-state index is -0.818. The van der Waals surface area contributed by atoms with E-state index in [2.05, 4.69) is 22.8 Å². The molecule has 6 nitrogen and oxygen atoms in total. The number of aliphatic hydroxyl groups excluding tert-OH is 1. The highest BCUT2D eigenvalue weighted by molar-refractivity contribution is 5.73. The van der Waals surface area contributed by atoms with Crippen LogP contribution >= 0.6 is 0 Å². The van der Waals surface area contributed by atoms with Crippen molar-refractivity contribution < 1.29 is 15.0 Å². The Morgan fingerprint density at radius 2 is 1.84 bits per heavy atom. The molecule has 1 aromatic heterocycles. The lowest BCUT2D eigenvalue weighted by Gasteiger charge is -2.20. The van der Waals surface area contributed by atoms with E-state index in [-0.39, 0.29) is 12.5 Å². The van der Waals surface area contributed by atoms with Crippen molar-refractivity contribution in [2.24, 2.45) is 0 Å². The van der Waals surface area contributed by atoms with Crippen LogP contribution in [0.2, 0.25) is 0 Å². The molecule has 0 radical (unpaired) electrons. The van der Waals surface area contributed by atoms with Crippen molar-refractivity contribution in [2.45, 2.75) is 69.7 Å². The second-order valence-electron chi connectivity index (χ2n) is 8.74. The quantitative estimate of drug-likeness (QED) is 0.331. The van der Waals surface area contributed by atoms with Gasteiger partial charge in [-0.25, -0.2) is 4.98 Å². The fourth-order valence-corrected chi connectivity index (χ4v) is 4.30. The van der Waals surface area contributed by atoms with Crippen LogP contribution < -0.4 is 10.6 Å². The molecule has 0 bridgehead atoms. The van der Waals surface area contributed by atoms with Gasteiger partial charge in [-0.3, -0.25) is 4.79 Å². The van der Waals surface area contributed by atoms with Gasteiger partial charge in [-0.2, -0.15) is 0 Å². The SMILES string of the molecule is O=C(O)[C@H](CCCCCCCc1ccc2c(n1)NCCC2)NCC(CO)c1ccccc1. The minimum Gasteiger partial charge on any atom is -0.480 e. The predicted molar refractivity (Wildman–Crippen MR) is 128 cm³/mol. The third kappa shape index (κ3) is 7.61. The zero-order valence-electron chi connectivity index (χ0n) is 18.9. The van der Waals surface area contributed by atoms with Crippen LogP contribution in [0.3, 0.4) is 0 Å². The first kappa shape index (κ1) is 24.2. The van der Waals surface area contributed by atoms with Crippen LogP contribution in [0, 0.1) is 0 Å². The van der Waals surface area contributed by atoms with Crippen molar-refractivity contribution in [2.75, 3.05) is 25.0 Å². The van der Waals surface area contributed by atoms with E-state index in [1.165, 1.54) is 12.0 Å². The molecule has 0 aliphatic carbocycles. The Kier molecular flexibility index (Phi) is 9.98. The number of hydrogen-bond acceptors (Lipinski definition) is 5. The Hall–Kier alpha value is -2.44. The van der Waals surface area contributed by atoms with E-state index in [0.29, 0.717) is 13.0 Å². The van der Waals surface area contributed by atoms with E-state index in [1.807, 2.05) is 30.3 Å². The molecular formula is C26H37N3O3. The molecule has 2 aromatic rings. The number of aliphatic hydroxyl groups is 1. The molecule has 0 saturated heterocycles. The van der Waals surface area contributed by atoms with E-state index in [1.54, 1.807) is 0 Å². The van der Waals surface area contributed by atoms with E-state index in [0.717, 1.165) is 68.6 Å². The fourth-order valence-electron chi connectivity index (χ4n) is 4.30. The number of anilines is 1. The number of unbranched alkanes of at least 4 members (excludes halogenated alkanes) is 4. The first-order chi connectivity index (χ1) is 15.7. The molecule has 2 heterocycles. The van der Waals surface area contributed by atoms with Gasteiger partial charge in [0.2, 0.25) is 0 Å². The van der Waals surface area contributed by atoms with Gasteiger partial charge in [0.25, 0.3) is 0 Å². The van der Waals surface area contributed by atoms with Gasteiger partial charge < -0.3 is 20.8 Å². The Morgan fingerprint density at radius 1 is 1.06 bits per heavy atom. The van der Waals surface area contributed by atoms with Gasteiger partial charge in [-0.05, 0) is 49.3 Å². The summed E-state index contributed by atoms with van der Waals surface area (Å²) in [6.45, 7) is 1.47. The fraction of sp³-hybridized carbons (Fsp3) is 0.538. The molecule has 3 rings (SSSR count). The highest BCUT2D eigenvalue weighted by atomic mass is 16.4. The molecule has 1 aliphatic rings. The number of nitrogens with one attached hydrogen (secondary N) is 2.